The molecule has 3 rings (SSSR count). The lowest BCUT2D eigenvalue weighted by Gasteiger charge is -2.19. The first-order chi connectivity index (χ1) is 10.3. The topological polar surface area (TPSA) is 50.9 Å². The predicted octanol–water partition coefficient (Wildman–Crippen LogP) is 5.45. The number of hydrogen-bond acceptors (Lipinski definition) is 3. The van der Waals surface area contributed by atoms with Gasteiger partial charge in [0.2, 0.25) is 5.90 Å². The Bertz CT molecular complexity index is 733. The molecule has 1 atom stereocenters. The van der Waals surface area contributed by atoms with Crippen LogP contribution in [-0.4, -0.2) is 19.5 Å². The fourth-order valence-corrected chi connectivity index (χ4v) is 2.65. The van der Waals surface area contributed by atoms with Crippen molar-refractivity contribution in [1.82, 2.24) is 9.78 Å². The second kappa shape index (κ2) is 5.75. The van der Waals surface area contributed by atoms with Crippen LogP contribution in [0.15, 0.2) is 18.3 Å². The molecule has 1 aromatic carbocycles. The van der Waals surface area contributed by atoms with Crippen molar-refractivity contribution in [3.05, 3.63) is 28.9 Å². The average Bonchev–Trinajstić information content (AvgIpc) is 3.17. The molecule has 0 spiro atoms. The Labute approximate surface area is 147 Å². The van der Waals surface area contributed by atoms with Gasteiger partial charge in [0.05, 0.1) is 11.6 Å². The zero-order chi connectivity index (χ0) is 16.1. The predicted molar refractivity (Wildman–Crippen MR) is 90.5 cm³/mol. The average molecular weight is 381 g/mol. The van der Waals surface area contributed by atoms with Crippen LogP contribution in [-0.2, 0) is 4.74 Å². The Morgan fingerprint density at radius 2 is 2.09 bits per heavy atom. The van der Waals surface area contributed by atoms with Gasteiger partial charge in [-0.15, -0.1) is 0 Å². The zero-order valence-corrected chi connectivity index (χ0v) is 14.6. The van der Waals surface area contributed by atoms with E-state index in [0.29, 0.717) is 11.1 Å². The fourth-order valence-electron chi connectivity index (χ4n) is 2.29. The van der Waals surface area contributed by atoms with Gasteiger partial charge in [-0.25, -0.2) is 0 Å². The van der Waals surface area contributed by atoms with Gasteiger partial charge in [-0.1, -0.05) is 46.4 Å². The molecule has 1 unspecified atom stereocenters. The van der Waals surface area contributed by atoms with Crippen LogP contribution >= 0.6 is 46.4 Å². The summed E-state index contributed by atoms with van der Waals surface area (Å²) in [4.78, 5) is 0. The van der Waals surface area contributed by atoms with E-state index in [-0.39, 0.29) is 0 Å². The zero-order valence-electron chi connectivity index (χ0n) is 11.6. The largest absolute Gasteiger partial charge is 0.470 e. The molecule has 1 aromatic heterocycles. The van der Waals surface area contributed by atoms with Gasteiger partial charge in [-0.05, 0) is 31.9 Å². The number of hydrogen-bond donors (Lipinski definition) is 1. The molecule has 1 N–H and O–H groups in total. The van der Waals surface area contributed by atoms with Crippen LogP contribution < -0.4 is 0 Å². The van der Waals surface area contributed by atoms with Crippen LogP contribution in [0.4, 0.5) is 0 Å². The van der Waals surface area contributed by atoms with Gasteiger partial charge in [-0.2, -0.15) is 5.10 Å². The maximum atomic E-state index is 7.69. The van der Waals surface area contributed by atoms with Crippen molar-refractivity contribution >= 4 is 63.2 Å². The molecule has 1 aliphatic carbocycles. The molecule has 0 amide bonds. The molecule has 1 heterocycles. The van der Waals surface area contributed by atoms with Crippen LogP contribution in [0.5, 0.6) is 0 Å². The quantitative estimate of drug-likeness (QED) is 0.437. The second-order valence-corrected chi connectivity index (χ2v) is 8.08. The molecule has 0 radical (unpaired) electrons. The van der Waals surface area contributed by atoms with Gasteiger partial charge in [0, 0.05) is 22.2 Å². The standard InChI is InChI=1S/C14H13Cl4N3O/c1-7(22-13(19)14(16,17)18)11-5-9(15)4-8-6-21(10-2-3-10)20-12(8)11/h4-7,10,19H,2-3H2,1H3. The van der Waals surface area contributed by atoms with E-state index >= 15 is 0 Å². The molecule has 1 fully saturated rings. The van der Waals surface area contributed by atoms with E-state index in [9.17, 15) is 0 Å². The summed E-state index contributed by atoms with van der Waals surface area (Å²) in [7, 11) is 0. The molecule has 22 heavy (non-hydrogen) atoms. The van der Waals surface area contributed by atoms with Crippen LogP contribution in [0.25, 0.3) is 10.9 Å². The van der Waals surface area contributed by atoms with Gasteiger partial charge in [0.25, 0.3) is 3.79 Å². The van der Waals surface area contributed by atoms with Crippen molar-refractivity contribution in [1.29, 1.82) is 5.41 Å². The van der Waals surface area contributed by atoms with E-state index in [4.69, 9.17) is 56.5 Å². The Kier molecular flexibility index (Phi) is 4.23. The van der Waals surface area contributed by atoms with Crippen LogP contribution in [0, 0.1) is 5.41 Å². The van der Waals surface area contributed by atoms with E-state index in [1.54, 1.807) is 13.0 Å². The van der Waals surface area contributed by atoms with Crippen molar-refractivity contribution in [2.24, 2.45) is 0 Å². The highest BCUT2D eigenvalue weighted by Crippen LogP contribution is 2.38. The number of halogens is 4. The number of nitrogens with zero attached hydrogens (tertiary/aromatic N) is 2. The van der Waals surface area contributed by atoms with Gasteiger partial charge >= 0.3 is 0 Å². The van der Waals surface area contributed by atoms with Gasteiger partial charge < -0.3 is 4.74 Å². The molecule has 1 saturated carbocycles. The number of ether oxygens (including phenoxy) is 1. The van der Waals surface area contributed by atoms with Gasteiger partial charge in [0.1, 0.15) is 6.10 Å². The first-order valence-electron chi connectivity index (χ1n) is 6.76. The second-order valence-electron chi connectivity index (χ2n) is 5.36. The van der Waals surface area contributed by atoms with Crippen LogP contribution in [0.3, 0.4) is 0 Å². The van der Waals surface area contributed by atoms with Crippen molar-refractivity contribution in [3.63, 3.8) is 0 Å². The Balaban J connectivity index is 1.96. The number of alkyl halides is 3. The lowest BCUT2D eigenvalue weighted by molar-refractivity contribution is 0.207. The lowest BCUT2D eigenvalue weighted by atomic mass is 10.1. The van der Waals surface area contributed by atoms with E-state index in [1.165, 1.54) is 0 Å². The van der Waals surface area contributed by atoms with Gasteiger partial charge in [0.15, 0.2) is 0 Å². The van der Waals surface area contributed by atoms with Crippen molar-refractivity contribution < 1.29 is 4.74 Å². The summed E-state index contributed by atoms with van der Waals surface area (Å²) >= 11 is 23.1. The highest BCUT2D eigenvalue weighted by Gasteiger charge is 2.31. The smallest absolute Gasteiger partial charge is 0.265 e. The molecular formula is C14H13Cl4N3O. The van der Waals surface area contributed by atoms with Crippen LogP contribution in [0.1, 0.15) is 37.5 Å². The van der Waals surface area contributed by atoms with Crippen molar-refractivity contribution in [3.8, 4) is 0 Å². The number of fused-ring (bicyclic) bond motifs is 1. The van der Waals surface area contributed by atoms with Crippen molar-refractivity contribution in [2.75, 3.05) is 0 Å². The monoisotopic (exact) mass is 379 g/mol. The third kappa shape index (κ3) is 3.30. The van der Waals surface area contributed by atoms with Crippen LogP contribution in [0.2, 0.25) is 5.02 Å². The third-order valence-electron chi connectivity index (χ3n) is 3.53. The molecule has 0 aliphatic heterocycles. The first kappa shape index (κ1) is 16.2. The molecule has 4 nitrogen and oxygen atoms in total. The minimum atomic E-state index is -1.89. The molecule has 1 aliphatic rings. The lowest BCUT2D eigenvalue weighted by Crippen LogP contribution is -2.22. The van der Waals surface area contributed by atoms with E-state index in [0.717, 1.165) is 29.3 Å². The summed E-state index contributed by atoms with van der Waals surface area (Å²) in [5, 5.41) is 13.8. The molecular weight excluding hydrogens is 368 g/mol. The van der Waals surface area contributed by atoms with Crippen molar-refractivity contribution in [2.45, 2.75) is 35.7 Å². The maximum Gasteiger partial charge on any atom is 0.265 e. The number of benzene rings is 1. The Hall–Kier alpha value is -0.680. The summed E-state index contributed by atoms with van der Waals surface area (Å²) in [6, 6.07) is 4.10. The fraction of sp³-hybridized carbons (Fsp3) is 0.429. The minimum Gasteiger partial charge on any atom is -0.470 e. The third-order valence-corrected chi connectivity index (χ3v) is 4.26. The number of aromatic nitrogens is 2. The SMILES string of the molecule is CC(OC(=N)C(Cl)(Cl)Cl)c1cc(Cl)cc2cn(C3CC3)nc12. The maximum absolute atomic E-state index is 7.69. The molecule has 2 aromatic rings. The summed E-state index contributed by atoms with van der Waals surface area (Å²) < 4.78 is 5.50. The minimum absolute atomic E-state index is 0.431. The van der Waals surface area contributed by atoms with E-state index in [2.05, 4.69) is 5.10 Å². The number of rotatable bonds is 3. The summed E-state index contributed by atoms with van der Waals surface area (Å²) in [5.41, 5.74) is 1.56. The summed E-state index contributed by atoms with van der Waals surface area (Å²) in [5.74, 6) is -0.431. The summed E-state index contributed by atoms with van der Waals surface area (Å²) in [6.07, 6.45) is 3.75. The van der Waals surface area contributed by atoms with Gasteiger partial charge in [-0.3, -0.25) is 10.1 Å². The Morgan fingerprint density at radius 1 is 1.41 bits per heavy atom. The normalized spacial score (nSPS) is 16.8. The van der Waals surface area contributed by atoms with E-state index in [1.807, 2.05) is 16.9 Å². The number of nitrogens with one attached hydrogen (secondary N) is 1. The summed E-state index contributed by atoms with van der Waals surface area (Å²) in [6.45, 7) is 1.77. The first-order valence-corrected chi connectivity index (χ1v) is 8.27. The highest BCUT2D eigenvalue weighted by molar-refractivity contribution is 6.76. The highest BCUT2D eigenvalue weighted by atomic mass is 35.6. The molecule has 0 saturated heterocycles. The molecule has 8 heteroatoms. The Morgan fingerprint density at radius 3 is 2.68 bits per heavy atom. The van der Waals surface area contributed by atoms with E-state index < -0.39 is 15.8 Å². The molecule has 118 valence electrons. The molecule has 0 bridgehead atoms.